The summed E-state index contributed by atoms with van der Waals surface area (Å²) in [4.78, 5) is 22.1. The van der Waals surface area contributed by atoms with Crippen LogP contribution in [-0.2, 0) is 9.53 Å². The molecular formula is C8H15NO3. The summed E-state index contributed by atoms with van der Waals surface area (Å²) in [5.74, 6) is -0.0483. The normalized spacial score (nSPS) is 28.5. The molecule has 0 aromatic heterocycles. The Hall–Kier alpha value is -1.06. The maximum Gasteiger partial charge on any atom is 0.408 e. The van der Waals surface area contributed by atoms with E-state index in [1.807, 2.05) is 0 Å². The quantitative estimate of drug-likeness (QED) is 0.676. The van der Waals surface area contributed by atoms with E-state index < -0.39 is 12.1 Å². The summed E-state index contributed by atoms with van der Waals surface area (Å²) in [5.41, 5.74) is 0. The second-order valence-corrected chi connectivity index (χ2v) is 3.29. The lowest BCUT2D eigenvalue weighted by atomic mass is 9.99. The molecule has 1 saturated heterocycles. The van der Waals surface area contributed by atoms with Crippen molar-refractivity contribution in [2.24, 2.45) is 5.92 Å². The summed E-state index contributed by atoms with van der Waals surface area (Å²) < 4.78 is 4.77. The molecule has 1 heterocycles. The zero-order chi connectivity index (χ0) is 9.30. The maximum atomic E-state index is 11.4. The van der Waals surface area contributed by atoms with Crippen LogP contribution >= 0.6 is 0 Å². The summed E-state index contributed by atoms with van der Waals surface area (Å²) in [5, 5.41) is 2.47. The van der Waals surface area contributed by atoms with Gasteiger partial charge in [-0.15, -0.1) is 0 Å². The molecule has 0 saturated carbocycles. The number of rotatable bonds is 2. The van der Waals surface area contributed by atoms with E-state index in [1.165, 1.54) is 0 Å². The highest BCUT2D eigenvalue weighted by Crippen LogP contribution is 2.12. The van der Waals surface area contributed by atoms with Crippen LogP contribution in [0.1, 0.15) is 22.2 Å². The lowest BCUT2D eigenvalue weighted by Gasteiger charge is -2.13. The van der Waals surface area contributed by atoms with Crippen molar-refractivity contribution < 1.29 is 15.8 Å². The van der Waals surface area contributed by atoms with Crippen molar-refractivity contribution >= 4 is 11.9 Å². The van der Waals surface area contributed by atoms with E-state index in [0.29, 0.717) is 0 Å². The molecule has 0 aliphatic carbocycles. The molecule has 1 N–H and O–H groups in total. The van der Waals surface area contributed by atoms with Crippen molar-refractivity contribution in [3.05, 3.63) is 0 Å². The van der Waals surface area contributed by atoms with E-state index in [0.717, 1.165) is 0 Å². The highest BCUT2D eigenvalue weighted by molar-refractivity contribution is 5.91. The van der Waals surface area contributed by atoms with Crippen LogP contribution in [0.3, 0.4) is 0 Å². The van der Waals surface area contributed by atoms with Gasteiger partial charge in [-0.25, -0.2) is 4.79 Å². The van der Waals surface area contributed by atoms with Crippen LogP contribution in [0.25, 0.3) is 0 Å². The van der Waals surface area contributed by atoms with Crippen molar-refractivity contribution in [3.8, 4) is 0 Å². The van der Waals surface area contributed by atoms with Gasteiger partial charge in [-0.05, 0) is 6.92 Å². The van der Waals surface area contributed by atoms with Crippen molar-refractivity contribution in [2.45, 2.75) is 32.9 Å². The van der Waals surface area contributed by atoms with Crippen molar-refractivity contribution in [1.29, 1.82) is 0 Å². The molecule has 1 fully saturated rings. The first-order valence-corrected chi connectivity index (χ1v) is 4.03. The van der Waals surface area contributed by atoms with Gasteiger partial charge in [-0.2, -0.15) is 0 Å². The maximum absolute atomic E-state index is 11.4. The van der Waals surface area contributed by atoms with Gasteiger partial charge in [0.15, 0.2) is 5.78 Å². The number of nitrogens with one attached hydrogen (secondary N) is 1. The van der Waals surface area contributed by atoms with Gasteiger partial charge in [-0.1, -0.05) is 13.8 Å². The van der Waals surface area contributed by atoms with Crippen LogP contribution in [0, 0.1) is 5.92 Å². The third-order valence-electron chi connectivity index (χ3n) is 1.91. The van der Waals surface area contributed by atoms with Crippen LogP contribution in [0.2, 0.25) is 0 Å². The predicted octanol–water partition coefficient (Wildman–Crippen LogP) is 0.954. The van der Waals surface area contributed by atoms with Crippen molar-refractivity contribution in [2.75, 3.05) is 0 Å². The molecule has 0 radical (unpaired) electrons. The number of carbonyl (C=O) groups excluding carboxylic acids is 2. The minimum absolute atomic E-state index is 0. The summed E-state index contributed by atoms with van der Waals surface area (Å²) in [7, 11) is 0. The molecular weight excluding hydrogens is 158 g/mol. The van der Waals surface area contributed by atoms with Gasteiger partial charge < -0.3 is 10.1 Å². The summed E-state index contributed by atoms with van der Waals surface area (Å²) >= 11 is 0. The van der Waals surface area contributed by atoms with Crippen LogP contribution < -0.4 is 5.32 Å². The lowest BCUT2D eigenvalue weighted by molar-refractivity contribution is -0.124. The van der Waals surface area contributed by atoms with E-state index >= 15 is 0 Å². The topological polar surface area (TPSA) is 55.4 Å². The number of hydrogen-bond acceptors (Lipinski definition) is 3. The van der Waals surface area contributed by atoms with Gasteiger partial charge >= 0.3 is 6.09 Å². The van der Waals surface area contributed by atoms with E-state index in [2.05, 4.69) is 5.32 Å². The van der Waals surface area contributed by atoms with Crippen molar-refractivity contribution in [1.82, 2.24) is 5.32 Å². The fourth-order valence-electron chi connectivity index (χ4n) is 1.18. The van der Waals surface area contributed by atoms with Gasteiger partial charge in [0, 0.05) is 7.34 Å². The molecule has 70 valence electrons. The first kappa shape index (κ1) is 9.03. The Labute approximate surface area is 72.8 Å². The molecule has 1 rings (SSSR count). The number of ether oxygens (including phenoxy) is 1. The largest absolute Gasteiger partial charge is 0.444 e. The average molecular weight is 173 g/mol. The standard InChI is InChI=1S/C8H13NO3.H2/c1-4(2)7(10)6-5(3)12-8(11)9-6;/h4-6H,1-3H3,(H,9,11);1H/t5-,6-;/m1./s1. The molecule has 1 aliphatic rings. The molecule has 1 aliphatic heterocycles. The fraction of sp³-hybridized carbons (Fsp3) is 0.750. The summed E-state index contributed by atoms with van der Waals surface area (Å²) in [6, 6.07) is -0.461. The zero-order valence-corrected chi connectivity index (χ0v) is 7.46. The second-order valence-electron chi connectivity index (χ2n) is 3.29. The smallest absolute Gasteiger partial charge is 0.408 e. The number of amides is 1. The lowest BCUT2D eigenvalue weighted by Crippen LogP contribution is -2.40. The number of carbonyl (C=O) groups is 2. The Balaban J connectivity index is 0.00000144. The average Bonchev–Trinajstić information content (AvgIpc) is 2.28. The molecule has 0 bridgehead atoms. The Kier molecular flexibility index (Phi) is 2.35. The number of ketones is 1. The third-order valence-corrected chi connectivity index (χ3v) is 1.91. The molecule has 0 aromatic carbocycles. The second kappa shape index (κ2) is 3.13. The Morgan fingerprint density at radius 2 is 2.25 bits per heavy atom. The molecule has 12 heavy (non-hydrogen) atoms. The van der Waals surface area contributed by atoms with Crippen LogP contribution in [-0.4, -0.2) is 24.0 Å². The minimum Gasteiger partial charge on any atom is -0.444 e. The minimum atomic E-state index is -0.499. The highest BCUT2D eigenvalue weighted by atomic mass is 16.6. The fourth-order valence-corrected chi connectivity index (χ4v) is 1.18. The van der Waals surface area contributed by atoms with Gasteiger partial charge in [-0.3, -0.25) is 4.79 Å². The number of cyclic esters (lactones) is 1. The number of hydrogen-bond donors (Lipinski definition) is 1. The molecule has 4 heteroatoms. The van der Waals surface area contributed by atoms with Gasteiger partial charge in [0.1, 0.15) is 12.1 Å². The van der Waals surface area contributed by atoms with E-state index in [1.54, 1.807) is 20.8 Å². The van der Waals surface area contributed by atoms with Gasteiger partial charge in [0.05, 0.1) is 0 Å². The third kappa shape index (κ3) is 1.57. The molecule has 0 spiro atoms. The van der Waals surface area contributed by atoms with Crippen LogP contribution in [0.15, 0.2) is 0 Å². The summed E-state index contributed by atoms with van der Waals surface area (Å²) in [6.07, 6.45) is -0.839. The van der Waals surface area contributed by atoms with Crippen molar-refractivity contribution in [3.63, 3.8) is 0 Å². The highest BCUT2D eigenvalue weighted by Gasteiger charge is 2.36. The molecule has 4 nitrogen and oxygen atoms in total. The predicted molar refractivity (Wildman–Crippen MR) is 44.8 cm³/mol. The first-order valence-electron chi connectivity index (χ1n) is 4.03. The molecule has 0 unspecified atom stereocenters. The Bertz CT molecular complexity index is 217. The zero-order valence-electron chi connectivity index (χ0n) is 7.46. The van der Waals surface area contributed by atoms with Gasteiger partial charge in [0.2, 0.25) is 0 Å². The SMILES string of the molecule is CC(C)C(=O)[C@@H]1NC(=O)O[C@@H]1C.[HH]. The Morgan fingerprint density at radius 1 is 1.67 bits per heavy atom. The molecule has 2 atom stereocenters. The summed E-state index contributed by atoms with van der Waals surface area (Å²) in [6.45, 7) is 5.32. The monoisotopic (exact) mass is 173 g/mol. The van der Waals surface area contributed by atoms with Crippen LogP contribution in [0.5, 0.6) is 0 Å². The first-order chi connectivity index (χ1) is 5.52. The number of alkyl carbamates (subject to hydrolysis) is 1. The van der Waals surface area contributed by atoms with E-state index in [4.69, 9.17) is 4.74 Å². The van der Waals surface area contributed by atoms with E-state index in [-0.39, 0.29) is 19.2 Å². The number of Topliss-reactive ketones (excluding diaryl/α,β-unsaturated/α-hetero) is 1. The van der Waals surface area contributed by atoms with E-state index in [9.17, 15) is 9.59 Å². The molecule has 0 aromatic rings. The molecule has 1 amide bonds. The Morgan fingerprint density at radius 3 is 2.58 bits per heavy atom. The van der Waals surface area contributed by atoms with Crippen LogP contribution in [0.4, 0.5) is 4.79 Å². The van der Waals surface area contributed by atoms with Gasteiger partial charge in [0.25, 0.3) is 0 Å².